The molecule has 3 aromatic carbocycles. The van der Waals surface area contributed by atoms with E-state index in [0.29, 0.717) is 20.9 Å². The molecule has 1 aliphatic heterocycles. The first kappa shape index (κ1) is 24.6. The molecule has 1 fully saturated rings. The van der Waals surface area contributed by atoms with Crippen molar-refractivity contribution in [3.8, 4) is 0 Å². The van der Waals surface area contributed by atoms with Crippen molar-refractivity contribution in [2.45, 2.75) is 31.8 Å². The molecule has 1 saturated carbocycles. The molecule has 0 spiro atoms. The summed E-state index contributed by atoms with van der Waals surface area (Å²) in [6.07, 6.45) is 6.34. The maximum absolute atomic E-state index is 13.8. The normalized spacial score (nSPS) is 20.0. The number of fused-ring (bicyclic) bond motifs is 2. The number of rotatable bonds is 4. The van der Waals surface area contributed by atoms with Crippen LogP contribution >= 0.6 is 23.2 Å². The zero-order valence-electron chi connectivity index (χ0n) is 20.4. The molecule has 2 atom stereocenters. The van der Waals surface area contributed by atoms with Crippen LogP contribution in [0.25, 0.3) is 17.0 Å². The van der Waals surface area contributed by atoms with Crippen molar-refractivity contribution in [2.75, 3.05) is 0 Å². The summed E-state index contributed by atoms with van der Waals surface area (Å²) >= 11 is 12.3. The monoisotopic (exact) mass is 542 g/mol. The van der Waals surface area contributed by atoms with Gasteiger partial charge in [0.15, 0.2) is 0 Å². The summed E-state index contributed by atoms with van der Waals surface area (Å²) in [5, 5.41) is 8.27. The van der Waals surface area contributed by atoms with E-state index in [0.717, 1.165) is 41.7 Å². The van der Waals surface area contributed by atoms with Crippen molar-refractivity contribution in [2.24, 2.45) is 11.0 Å². The van der Waals surface area contributed by atoms with Crippen molar-refractivity contribution in [3.05, 3.63) is 116 Å². The first-order valence-corrected chi connectivity index (χ1v) is 13.3. The summed E-state index contributed by atoms with van der Waals surface area (Å²) in [5.74, 6) is -0.226. The zero-order chi connectivity index (χ0) is 26.2. The number of para-hydroxylation sites is 1. The third-order valence-electron chi connectivity index (χ3n) is 7.22. The van der Waals surface area contributed by atoms with Gasteiger partial charge in [-0.1, -0.05) is 59.6 Å². The third kappa shape index (κ3) is 4.66. The number of hydrazone groups is 1. The summed E-state index contributed by atoms with van der Waals surface area (Å²) in [5.41, 5.74) is 4.38. The lowest BCUT2D eigenvalue weighted by Gasteiger charge is -2.29. The standard InChI is InChI=1S/C30H24Cl2N4O2/c31-22-12-8-19(9-13-22)16-21-4-3-6-25-28(21)34-36(29(25)20-10-14-23(32)15-11-20)27(37)17-35-18-33-26-7-2-1-5-24(26)30(35)38/h1-2,5,7-16,18,25,29H,3-4,6,17H2/b21-16-. The lowest BCUT2D eigenvalue weighted by molar-refractivity contribution is -0.134. The predicted molar refractivity (Wildman–Crippen MR) is 151 cm³/mol. The molecule has 0 saturated heterocycles. The zero-order valence-corrected chi connectivity index (χ0v) is 21.9. The topological polar surface area (TPSA) is 67.6 Å². The lowest BCUT2D eigenvalue weighted by Crippen LogP contribution is -2.36. The highest BCUT2D eigenvalue weighted by Crippen LogP contribution is 2.44. The van der Waals surface area contributed by atoms with Gasteiger partial charge in [-0.05, 0) is 78.4 Å². The van der Waals surface area contributed by atoms with Crippen molar-refractivity contribution >= 4 is 51.8 Å². The molecule has 2 unspecified atom stereocenters. The first-order valence-electron chi connectivity index (χ1n) is 12.5. The highest BCUT2D eigenvalue weighted by molar-refractivity contribution is 6.30. The van der Waals surface area contributed by atoms with Gasteiger partial charge in [-0.25, -0.2) is 9.99 Å². The smallest absolute Gasteiger partial charge is 0.263 e. The maximum Gasteiger partial charge on any atom is 0.263 e. The lowest BCUT2D eigenvalue weighted by atomic mass is 9.77. The first-order chi connectivity index (χ1) is 18.5. The van der Waals surface area contributed by atoms with Gasteiger partial charge in [0.05, 0.1) is 29.0 Å². The van der Waals surface area contributed by atoms with Crippen LogP contribution in [0.1, 0.15) is 36.4 Å². The Hall–Kier alpha value is -3.74. The molecule has 0 N–H and O–H groups in total. The molecule has 6 nitrogen and oxygen atoms in total. The van der Waals surface area contributed by atoms with Gasteiger partial charge in [-0.3, -0.25) is 14.2 Å². The van der Waals surface area contributed by atoms with Crippen LogP contribution in [-0.4, -0.2) is 26.2 Å². The van der Waals surface area contributed by atoms with Gasteiger partial charge >= 0.3 is 0 Å². The van der Waals surface area contributed by atoms with Gasteiger partial charge in [0.1, 0.15) is 6.54 Å². The van der Waals surface area contributed by atoms with Crippen molar-refractivity contribution in [1.82, 2.24) is 14.6 Å². The quantitative estimate of drug-likeness (QED) is 0.294. The van der Waals surface area contributed by atoms with E-state index in [1.54, 1.807) is 23.2 Å². The summed E-state index contributed by atoms with van der Waals surface area (Å²) < 4.78 is 1.36. The largest absolute Gasteiger partial charge is 0.289 e. The Labute approximate surface area is 229 Å². The second-order valence-corrected chi connectivity index (χ2v) is 10.5. The molecular formula is C30H24Cl2N4O2. The molecule has 1 amide bonds. The van der Waals surface area contributed by atoms with E-state index in [2.05, 4.69) is 11.1 Å². The van der Waals surface area contributed by atoms with E-state index in [-0.39, 0.29) is 30.0 Å². The van der Waals surface area contributed by atoms with Crippen molar-refractivity contribution in [3.63, 3.8) is 0 Å². The number of hydrogen-bond acceptors (Lipinski definition) is 4. The summed E-state index contributed by atoms with van der Waals surface area (Å²) in [4.78, 5) is 31.2. The number of halogens is 2. The van der Waals surface area contributed by atoms with Crippen molar-refractivity contribution < 1.29 is 4.79 Å². The number of benzene rings is 3. The van der Waals surface area contributed by atoms with Gasteiger partial charge in [-0.2, -0.15) is 5.10 Å². The number of hydrogen-bond donors (Lipinski definition) is 0. The summed E-state index contributed by atoms with van der Waals surface area (Å²) in [7, 11) is 0. The second-order valence-electron chi connectivity index (χ2n) is 9.63. The molecule has 190 valence electrons. The number of carbonyl (C=O) groups excluding carboxylic acids is 1. The molecule has 38 heavy (non-hydrogen) atoms. The van der Waals surface area contributed by atoms with Gasteiger partial charge in [0, 0.05) is 16.0 Å². The van der Waals surface area contributed by atoms with Crippen LogP contribution in [0, 0.1) is 5.92 Å². The molecule has 2 aliphatic rings. The van der Waals surface area contributed by atoms with E-state index in [4.69, 9.17) is 28.3 Å². The SMILES string of the molecule is O=C(Cn1cnc2ccccc2c1=O)N1N=C2/C(=C\c3ccc(Cl)cc3)CCCC2C1c1ccc(Cl)cc1. The predicted octanol–water partition coefficient (Wildman–Crippen LogP) is 6.53. The van der Waals surface area contributed by atoms with Gasteiger partial charge in [-0.15, -0.1) is 0 Å². The molecule has 8 heteroatoms. The number of nitrogens with zero attached hydrogens (tertiary/aromatic N) is 4. The average Bonchev–Trinajstić information content (AvgIpc) is 3.33. The molecule has 2 heterocycles. The molecule has 4 aromatic rings. The highest BCUT2D eigenvalue weighted by atomic mass is 35.5. The Morgan fingerprint density at radius 1 is 0.974 bits per heavy atom. The van der Waals surface area contributed by atoms with Crippen LogP contribution in [-0.2, 0) is 11.3 Å². The Bertz CT molecular complexity index is 1640. The summed E-state index contributed by atoms with van der Waals surface area (Å²) in [6, 6.07) is 22.1. The van der Waals surface area contributed by atoms with Gasteiger partial charge < -0.3 is 0 Å². The van der Waals surface area contributed by atoms with Gasteiger partial charge in [0.2, 0.25) is 0 Å². The molecule has 6 rings (SSSR count). The number of carbonyl (C=O) groups is 1. The van der Waals surface area contributed by atoms with E-state index in [1.807, 2.05) is 54.6 Å². The number of allylic oxidation sites excluding steroid dienone is 1. The van der Waals surface area contributed by atoms with Crippen LogP contribution < -0.4 is 5.56 Å². The van der Waals surface area contributed by atoms with Crippen molar-refractivity contribution in [1.29, 1.82) is 0 Å². The third-order valence-corrected chi connectivity index (χ3v) is 7.72. The fraction of sp³-hybridized carbons (Fsp3) is 0.200. The Morgan fingerprint density at radius 3 is 2.45 bits per heavy atom. The minimum atomic E-state index is -0.284. The van der Waals surface area contributed by atoms with E-state index in [9.17, 15) is 9.59 Å². The number of amides is 1. The van der Waals surface area contributed by atoms with E-state index in [1.165, 1.54) is 10.9 Å². The Balaban J connectivity index is 1.38. The average molecular weight is 543 g/mol. The van der Waals surface area contributed by atoms with E-state index >= 15 is 0 Å². The van der Waals surface area contributed by atoms with E-state index < -0.39 is 0 Å². The molecule has 0 radical (unpaired) electrons. The molecule has 0 bridgehead atoms. The van der Waals surface area contributed by atoms with Crippen LogP contribution in [0.5, 0.6) is 0 Å². The minimum absolute atomic E-state index is 0.0406. The number of aromatic nitrogens is 2. The fourth-order valence-corrected chi connectivity index (χ4v) is 5.65. The highest BCUT2D eigenvalue weighted by Gasteiger charge is 2.43. The maximum atomic E-state index is 13.8. The fourth-order valence-electron chi connectivity index (χ4n) is 5.40. The molecule has 1 aliphatic carbocycles. The summed E-state index contributed by atoms with van der Waals surface area (Å²) in [6.45, 7) is -0.152. The van der Waals surface area contributed by atoms with Gasteiger partial charge in [0.25, 0.3) is 11.5 Å². The second kappa shape index (κ2) is 10.2. The Kier molecular flexibility index (Phi) is 6.60. The van der Waals surface area contributed by atoms with Crippen LogP contribution in [0.15, 0.2) is 94.6 Å². The molecule has 1 aromatic heterocycles. The van der Waals surface area contributed by atoms with Crippen LogP contribution in [0.4, 0.5) is 0 Å². The molecular weight excluding hydrogens is 519 g/mol. The Morgan fingerprint density at radius 2 is 1.68 bits per heavy atom. The minimum Gasteiger partial charge on any atom is -0.289 e. The van der Waals surface area contributed by atoms with Crippen LogP contribution in [0.2, 0.25) is 10.0 Å². The van der Waals surface area contributed by atoms with Crippen LogP contribution in [0.3, 0.4) is 0 Å².